The molecule has 3 aromatic rings. The molecule has 1 aliphatic rings. The predicted molar refractivity (Wildman–Crippen MR) is 123 cm³/mol. The molecule has 1 N–H and O–H groups in total. The maximum atomic E-state index is 12.6. The van der Waals surface area contributed by atoms with Crippen molar-refractivity contribution < 1.29 is 4.79 Å². The summed E-state index contributed by atoms with van der Waals surface area (Å²) in [5.74, 6) is 0.602. The molecule has 0 aliphatic carbocycles. The van der Waals surface area contributed by atoms with Crippen LogP contribution in [0.15, 0.2) is 42.5 Å². The summed E-state index contributed by atoms with van der Waals surface area (Å²) in [7, 11) is 0. The van der Waals surface area contributed by atoms with Crippen molar-refractivity contribution in [2.45, 2.75) is 19.9 Å². The van der Waals surface area contributed by atoms with Crippen molar-refractivity contribution in [2.24, 2.45) is 0 Å². The zero-order valence-electron chi connectivity index (χ0n) is 16.9. The van der Waals surface area contributed by atoms with Gasteiger partial charge in [0.1, 0.15) is 0 Å². The van der Waals surface area contributed by atoms with Gasteiger partial charge in [-0.3, -0.25) is 4.79 Å². The Morgan fingerprint density at radius 3 is 2.27 bits per heavy atom. The predicted octanol–water partition coefficient (Wildman–Crippen LogP) is 4.40. The summed E-state index contributed by atoms with van der Waals surface area (Å²) < 4.78 is 0. The highest BCUT2D eigenvalue weighted by molar-refractivity contribution is 6.42. The summed E-state index contributed by atoms with van der Waals surface area (Å²) in [6, 6.07) is 13.5. The molecule has 0 saturated carbocycles. The number of hydrogen-bond donors (Lipinski definition) is 1. The lowest BCUT2D eigenvalue weighted by molar-refractivity contribution is 0.0939. The van der Waals surface area contributed by atoms with Gasteiger partial charge in [-0.05, 0) is 32.0 Å². The third kappa shape index (κ3) is 4.16. The molecule has 1 fully saturated rings. The molecule has 30 heavy (non-hydrogen) atoms. The number of carbonyl (C=O) groups excluding carboxylic acids is 1. The van der Waals surface area contributed by atoms with Gasteiger partial charge in [-0.1, -0.05) is 47.5 Å². The van der Waals surface area contributed by atoms with Gasteiger partial charge in [-0.2, -0.15) is 0 Å². The van der Waals surface area contributed by atoms with Crippen molar-refractivity contribution in [1.29, 1.82) is 0 Å². The van der Waals surface area contributed by atoms with Crippen LogP contribution < -0.4 is 15.1 Å². The maximum absolute atomic E-state index is 12.6. The number of anilines is 2. The van der Waals surface area contributed by atoms with Gasteiger partial charge < -0.3 is 15.1 Å². The highest BCUT2D eigenvalue weighted by Gasteiger charge is 2.23. The van der Waals surface area contributed by atoms with Crippen LogP contribution in [0.1, 0.15) is 24.3 Å². The highest BCUT2D eigenvalue weighted by atomic mass is 35.5. The number of benzene rings is 2. The topological polar surface area (TPSA) is 61.4 Å². The van der Waals surface area contributed by atoms with Crippen molar-refractivity contribution >= 4 is 51.4 Å². The van der Waals surface area contributed by atoms with Crippen LogP contribution in [0.3, 0.4) is 0 Å². The normalized spacial score (nSPS) is 14.4. The lowest BCUT2D eigenvalue weighted by Gasteiger charge is -2.37. The molecule has 1 aliphatic heterocycles. The molecule has 0 spiro atoms. The molecule has 1 amide bonds. The average molecular weight is 444 g/mol. The number of nitrogens with one attached hydrogen (secondary N) is 1. The van der Waals surface area contributed by atoms with Gasteiger partial charge in [0.25, 0.3) is 5.91 Å². The Kier molecular flexibility index (Phi) is 5.97. The molecule has 4 rings (SSSR count). The van der Waals surface area contributed by atoms with Gasteiger partial charge in [-0.25, -0.2) is 0 Å². The first-order chi connectivity index (χ1) is 14.4. The van der Waals surface area contributed by atoms with Crippen LogP contribution in [0.5, 0.6) is 0 Å². The third-order valence-electron chi connectivity index (χ3n) is 5.15. The minimum atomic E-state index is -0.204. The molecule has 1 saturated heterocycles. The minimum absolute atomic E-state index is 0.0344. The van der Waals surface area contributed by atoms with Crippen LogP contribution in [-0.2, 0) is 0 Å². The molecule has 0 atom stereocenters. The van der Waals surface area contributed by atoms with Gasteiger partial charge in [0, 0.05) is 48.7 Å². The number of halogens is 2. The fraction of sp³-hybridized carbons (Fsp3) is 0.318. The van der Waals surface area contributed by atoms with E-state index >= 15 is 0 Å². The molecule has 1 aromatic heterocycles. The zero-order valence-corrected chi connectivity index (χ0v) is 18.4. The van der Waals surface area contributed by atoms with E-state index in [-0.39, 0.29) is 11.9 Å². The Bertz CT molecular complexity index is 1080. The quantitative estimate of drug-likeness (QED) is 0.647. The summed E-state index contributed by atoms with van der Waals surface area (Å²) in [6.07, 6.45) is 0. The van der Waals surface area contributed by atoms with E-state index in [2.05, 4.69) is 25.3 Å². The van der Waals surface area contributed by atoms with E-state index in [0.29, 0.717) is 15.7 Å². The molecule has 0 bridgehead atoms. The van der Waals surface area contributed by atoms with Crippen LogP contribution in [0.2, 0.25) is 10.0 Å². The molecule has 0 radical (unpaired) electrons. The molecule has 156 valence electrons. The van der Waals surface area contributed by atoms with Gasteiger partial charge in [0.05, 0.1) is 10.0 Å². The zero-order chi connectivity index (χ0) is 21.3. The number of amides is 1. The van der Waals surface area contributed by atoms with Crippen LogP contribution in [0.25, 0.3) is 10.8 Å². The van der Waals surface area contributed by atoms with Crippen molar-refractivity contribution in [3.8, 4) is 0 Å². The van der Waals surface area contributed by atoms with Crippen LogP contribution in [-0.4, -0.2) is 48.3 Å². The van der Waals surface area contributed by atoms with Crippen LogP contribution in [0, 0.1) is 0 Å². The Balaban J connectivity index is 1.57. The minimum Gasteiger partial charge on any atom is -0.368 e. The van der Waals surface area contributed by atoms with Crippen molar-refractivity contribution in [1.82, 2.24) is 15.5 Å². The fourth-order valence-electron chi connectivity index (χ4n) is 3.68. The molecule has 0 unspecified atom stereocenters. The largest absolute Gasteiger partial charge is 0.368 e. The lowest BCUT2D eigenvalue weighted by atomic mass is 10.1. The highest BCUT2D eigenvalue weighted by Crippen LogP contribution is 2.30. The van der Waals surface area contributed by atoms with Gasteiger partial charge >= 0.3 is 0 Å². The molecule has 6 nitrogen and oxygen atoms in total. The SMILES string of the molecule is CC(C)NC(=O)c1nnc(N2CCN(c3ccc(Cl)c(Cl)c3)CC2)c2ccccc12. The van der Waals surface area contributed by atoms with E-state index in [1.165, 1.54) is 0 Å². The van der Waals surface area contributed by atoms with E-state index in [4.69, 9.17) is 23.2 Å². The summed E-state index contributed by atoms with van der Waals surface area (Å²) in [4.78, 5) is 17.0. The summed E-state index contributed by atoms with van der Waals surface area (Å²) in [6.45, 7) is 7.07. The average Bonchev–Trinajstić information content (AvgIpc) is 2.74. The van der Waals surface area contributed by atoms with Crippen LogP contribution >= 0.6 is 23.2 Å². The number of nitrogens with zero attached hydrogens (tertiary/aromatic N) is 4. The van der Waals surface area contributed by atoms with E-state index < -0.39 is 0 Å². The first-order valence-electron chi connectivity index (χ1n) is 9.95. The van der Waals surface area contributed by atoms with Crippen LogP contribution in [0.4, 0.5) is 11.5 Å². The van der Waals surface area contributed by atoms with Crippen molar-refractivity contribution in [3.05, 3.63) is 58.2 Å². The molecule has 2 heterocycles. The second-order valence-corrected chi connectivity index (χ2v) is 8.43. The van der Waals surface area contributed by atoms with E-state index in [9.17, 15) is 4.79 Å². The molecule has 8 heteroatoms. The number of piperazine rings is 1. The van der Waals surface area contributed by atoms with E-state index in [1.807, 2.05) is 56.3 Å². The number of rotatable bonds is 4. The Morgan fingerprint density at radius 2 is 1.60 bits per heavy atom. The van der Waals surface area contributed by atoms with Gasteiger partial charge in [0.15, 0.2) is 11.5 Å². The Labute approximate surface area is 185 Å². The number of carbonyl (C=O) groups is 1. The fourth-order valence-corrected chi connectivity index (χ4v) is 3.97. The maximum Gasteiger partial charge on any atom is 0.272 e. The van der Waals surface area contributed by atoms with E-state index in [1.54, 1.807) is 0 Å². The van der Waals surface area contributed by atoms with Crippen molar-refractivity contribution in [3.63, 3.8) is 0 Å². The summed E-state index contributed by atoms with van der Waals surface area (Å²) in [5.41, 5.74) is 1.41. The second kappa shape index (κ2) is 8.66. The second-order valence-electron chi connectivity index (χ2n) is 7.62. The summed E-state index contributed by atoms with van der Waals surface area (Å²) >= 11 is 12.2. The molecule has 2 aromatic carbocycles. The standard InChI is InChI=1S/C22H23Cl2N5O/c1-14(2)25-22(30)20-16-5-3-4-6-17(16)21(27-26-20)29-11-9-28(10-12-29)15-7-8-18(23)19(24)13-15/h3-8,13-14H,9-12H2,1-2H3,(H,25,30). The first kappa shape index (κ1) is 20.7. The van der Waals surface area contributed by atoms with Crippen molar-refractivity contribution in [2.75, 3.05) is 36.0 Å². The first-order valence-corrected chi connectivity index (χ1v) is 10.7. The number of hydrogen-bond acceptors (Lipinski definition) is 5. The summed E-state index contributed by atoms with van der Waals surface area (Å²) in [5, 5.41) is 14.5. The van der Waals surface area contributed by atoms with Gasteiger partial charge in [-0.15, -0.1) is 10.2 Å². The van der Waals surface area contributed by atoms with Gasteiger partial charge in [0.2, 0.25) is 0 Å². The molecular formula is C22H23Cl2N5O. The number of fused-ring (bicyclic) bond motifs is 1. The number of aromatic nitrogens is 2. The molecular weight excluding hydrogens is 421 g/mol. The smallest absolute Gasteiger partial charge is 0.272 e. The van der Waals surface area contributed by atoms with E-state index in [0.717, 1.165) is 48.5 Å². The Hall–Kier alpha value is -2.57. The monoisotopic (exact) mass is 443 g/mol. The third-order valence-corrected chi connectivity index (χ3v) is 5.89. The lowest BCUT2D eigenvalue weighted by Crippen LogP contribution is -2.47. The Morgan fingerprint density at radius 1 is 0.933 bits per heavy atom.